The molecule has 1 nitrogen and oxygen atoms in total. The van der Waals surface area contributed by atoms with Gasteiger partial charge in [0.25, 0.3) is 0 Å². The van der Waals surface area contributed by atoms with Gasteiger partial charge >= 0.3 is 0 Å². The lowest BCUT2D eigenvalue weighted by Crippen LogP contribution is -2.18. The van der Waals surface area contributed by atoms with Crippen molar-refractivity contribution in [3.8, 4) is 0 Å². The lowest BCUT2D eigenvalue weighted by Gasteiger charge is -2.21. The first-order valence-corrected chi connectivity index (χ1v) is 7.47. The van der Waals surface area contributed by atoms with Crippen LogP contribution < -0.4 is 0 Å². The van der Waals surface area contributed by atoms with E-state index in [9.17, 15) is 4.79 Å². The molecule has 1 aliphatic rings. The van der Waals surface area contributed by atoms with Crippen LogP contribution in [-0.4, -0.2) is 16.8 Å². The highest BCUT2D eigenvalue weighted by molar-refractivity contribution is 8.00. The molecule has 0 aromatic rings. The van der Waals surface area contributed by atoms with E-state index in [-0.39, 0.29) is 0 Å². The van der Waals surface area contributed by atoms with Gasteiger partial charge in [-0.15, -0.1) is 0 Å². The number of hydrogen-bond donors (Lipinski definition) is 0. The van der Waals surface area contributed by atoms with Gasteiger partial charge in [-0.25, -0.2) is 0 Å². The second-order valence-corrected chi connectivity index (χ2v) is 5.84. The van der Waals surface area contributed by atoms with Crippen LogP contribution in [0.5, 0.6) is 0 Å². The average Bonchev–Trinajstić information content (AvgIpc) is 2.29. The zero-order valence-electron chi connectivity index (χ0n) is 10.1. The Bertz CT molecular complexity index is 181. The fraction of sp³-hybridized carbons (Fsp3) is 0.923. The molecule has 1 rings (SSSR count). The summed E-state index contributed by atoms with van der Waals surface area (Å²) in [5.74, 6) is 1.56. The van der Waals surface area contributed by atoms with Crippen molar-refractivity contribution in [2.45, 2.75) is 64.0 Å². The molecule has 0 amide bonds. The Labute approximate surface area is 98.4 Å². The Hall–Kier alpha value is 0.0200. The molecule has 0 unspecified atom stereocenters. The van der Waals surface area contributed by atoms with Crippen molar-refractivity contribution in [2.75, 3.05) is 5.75 Å². The summed E-state index contributed by atoms with van der Waals surface area (Å²) < 4.78 is 0. The Kier molecular flexibility index (Phi) is 6.39. The summed E-state index contributed by atoms with van der Waals surface area (Å²) in [4.78, 5) is 11.8. The molecule has 0 N–H and O–H groups in total. The fourth-order valence-electron chi connectivity index (χ4n) is 2.29. The van der Waals surface area contributed by atoms with Crippen molar-refractivity contribution in [1.29, 1.82) is 0 Å². The Morgan fingerprint density at radius 3 is 2.33 bits per heavy atom. The van der Waals surface area contributed by atoms with Crippen molar-refractivity contribution in [1.82, 2.24) is 0 Å². The SMILES string of the molecule is CCC(CC)C(=O)CSC1CCCCC1. The van der Waals surface area contributed by atoms with Gasteiger partial charge in [0.1, 0.15) is 5.78 Å². The van der Waals surface area contributed by atoms with E-state index in [2.05, 4.69) is 13.8 Å². The first-order chi connectivity index (χ1) is 7.27. The van der Waals surface area contributed by atoms with Gasteiger partial charge in [-0.2, -0.15) is 11.8 Å². The Morgan fingerprint density at radius 2 is 1.80 bits per heavy atom. The van der Waals surface area contributed by atoms with Crippen LogP contribution in [-0.2, 0) is 4.79 Å². The van der Waals surface area contributed by atoms with E-state index >= 15 is 0 Å². The molecular formula is C13H24OS. The van der Waals surface area contributed by atoms with Gasteiger partial charge in [0.15, 0.2) is 0 Å². The number of thioether (sulfide) groups is 1. The van der Waals surface area contributed by atoms with E-state index in [1.807, 2.05) is 11.8 Å². The monoisotopic (exact) mass is 228 g/mol. The maximum Gasteiger partial charge on any atom is 0.145 e. The molecule has 2 heteroatoms. The number of hydrogen-bond acceptors (Lipinski definition) is 2. The summed E-state index contributed by atoms with van der Waals surface area (Å²) in [6.07, 6.45) is 8.84. The molecule has 88 valence electrons. The lowest BCUT2D eigenvalue weighted by molar-refractivity contribution is -0.120. The summed E-state index contributed by atoms with van der Waals surface area (Å²) in [5, 5.41) is 0.775. The quantitative estimate of drug-likeness (QED) is 0.682. The van der Waals surface area contributed by atoms with Crippen molar-refractivity contribution in [3.63, 3.8) is 0 Å². The zero-order valence-corrected chi connectivity index (χ0v) is 10.9. The summed E-state index contributed by atoms with van der Waals surface area (Å²) in [5.41, 5.74) is 0. The standard InChI is InChI=1S/C13H24OS/c1-3-11(4-2)13(14)10-15-12-8-6-5-7-9-12/h11-12H,3-10H2,1-2H3. The van der Waals surface area contributed by atoms with Gasteiger partial charge in [-0.1, -0.05) is 33.1 Å². The zero-order chi connectivity index (χ0) is 11.1. The molecule has 1 fully saturated rings. The average molecular weight is 228 g/mol. The molecular weight excluding hydrogens is 204 g/mol. The minimum absolute atomic E-state index is 0.320. The van der Waals surface area contributed by atoms with Crippen LogP contribution in [0.3, 0.4) is 0 Å². The highest BCUT2D eigenvalue weighted by atomic mass is 32.2. The third kappa shape index (κ3) is 4.58. The summed E-state index contributed by atoms with van der Waals surface area (Å²) in [6, 6.07) is 0. The van der Waals surface area contributed by atoms with Crippen LogP contribution in [0.2, 0.25) is 0 Å². The predicted octanol–water partition coefficient (Wildman–Crippen LogP) is 4.06. The van der Waals surface area contributed by atoms with Gasteiger partial charge in [-0.05, 0) is 25.7 Å². The van der Waals surface area contributed by atoms with E-state index in [4.69, 9.17) is 0 Å². The number of Topliss-reactive ketones (excluding diaryl/α,β-unsaturated/α-hetero) is 1. The number of carbonyl (C=O) groups is 1. The van der Waals surface area contributed by atoms with Gasteiger partial charge < -0.3 is 0 Å². The minimum atomic E-state index is 0.320. The molecule has 0 saturated heterocycles. The first-order valence-electron chi connectivity index (χ1n) is 6.42. The largest absolute Gasteiger partial charge is 0.298 e. The normalized spacial score (nSPS) is 18.3. The molecule has 0 radical (unpaired) electrons. The van der Waals surface area contributed by atoms with Crippen LogP contribution in [0.4, 0.5) is 0 Å². The molecule has 0 aromatic heterocycles. The van der Waals surface area contributed by atoms with Crippen LogP contribution in [0, 0.1) is 5.92 Å². The highest BCUT2D eigenvalue weighted by Crippen LogP contribution is 2.28. The summed E-state index contributed by atoms with van der Waals surface area (Å²) in [7, 11) is 0. The number of carbonyl (C=O) groups excluding carboxylic acids is 1. The van der Waals surface area contributed by atoms with Crippen LogP contribution in [0.15, 0.2) is 0 Å². The van der Waals surface area contributed by atoms with Crippen molar-refractivity contribution in [2.24, 2.45) is 5.92 Å². The summed E-state index contributed by atoms with van der Waals surface area (Å²) in [6.45, 7) is 4.24. The van der Waals surface area contributed by atoms with E-state index < -0.39 is 0 Å². The predicted molar refractivity (Wildman–Crippen MR) is 68.4 cm³/mol. The fourth-order valence-corrected chi connectivity index (χ4v) is 3.60. The highest BCUT2D eigenvalue weighted by Gasteiger charge is 2.18. The first kappa shape index (κ1) is 13.1. The summed E-state index contributed by atoms with van der Waals surface area (Å²) >= 11 is 1.91. The molecule has 0 aliphatic heterocycles. The third-order valence-electron chi connectivity index (χ3n) is 3.45. The second kappa shape index (κ2) is 7.32. The van der Waals surface area contributed by atoms with Gasteiger partial charge in [0.05, 0.1) is 5.75 Å². The van der Waals surface area contributed by atoms with E-state index in [0.29, 0.717) is 11.7 Å². The molecule has 15 heavy (non-hydrogen) atoms. The molecule has 0 bridgehead atoms. The van der Waals surface area contributed by atoms with Crippen molar-refractivity contribution < 1.29 is 4.79 Å². The third-order valence-corrected chi connectivity index (χ3v) is 4.85. The smallest absolute Gasteiger partial charge is 0.145 e. The van der Waals surface area contributed by atoms with Crippen LogP contribution in [0.1, 0.15) is 58.8 Å². The maximum atomic E-state index is 11.8. The molecule has 0 aromatic carbocycles. The van der Waals surface area contributed by atoms with Gasteiger partial charge in [0.2, 0.25) is 0 Å². The molecule has 1 saturated carbocycles. The molecule has 0 spiro atoms. The lowest BCUT2D eigenvalue weighted by atomic mass is 9.99. The number of rotatable bonds is 6. The van der Waals surface area contributed by atoms with E-state index in [0.717, 1.165) is 23.8 Å². The van der Waals surface area contributed by atoms with Crippen LogP contribution in [0.25, 0.3) is 0 Å². The molecule has 1 aliphatic carbocycles. The molecule has 0 heterocycles. The Balaban J connectivity index is 2.20. The van der Waals surface area contributed by atoms with Crippen molar-refractivity contribution >= 4 is 17.5 Å². The van der Waals surface area contributed by atoms with E-state index in [1.54, 1.807) is 0 Å². The molecule has 0 atom stereocenters. The number of ketones is 1. The van der Waals surface area contributed by atoms with E-state index in [1.165, 1.54) is 32.1 Å². The van der Waals surface area contributed by atoms with Crippen molar-refractivity contribution in [3.05, 3.63) is 0 Å². The minimum Gasteiger partial charge on any atom is -0.298 e. The topological polar surface area (TPSA) is 17.1 Å². The Morgan fingerprint density at radius 1 is 1.20 bits per heavy atom. The van der Waals surface area contributed by atoms with Crippen LogP contribution >= 0.6 is 11.8 Å². The van der Waals surface area contributed by atoms with Gasteiger partial charge in [-0.3, -0.25) is 4.79 Å². The maximum absolute atomic E-state index is 11.8. The second-order valence-electron chi connectivity index (χ2n) is 4.55. The van der Waals surface area contributed by atoms with Gasteiger partial charge in [0, 0.05) is 11.2 Å².